The Morgan fingerprint density at radius 2 is 2.00 bits per heavy atom. The van der Waals surface area contributed by atoms with Crippen LogP contribution in [0.15, 0.2) is 6.07 Å². The number of hydrogen-bond donors (Lipinski definition) is 3. The number of ether oxygens (including phenoxy) is 1. The number of carbonyl (C=O) groups is 3. The molecular weight excluding hydrogens is 350 g/mol. The largest absolute Gasteiger partial charge is 0.444 e. The average Bonchev–Trinajstić information content (AvgIpc) is 2.77. The molecule has 0 bridgehead atoms. The second kappa shape index (κ2) is 8.93. The highest BCUT2D eigenvalue weighted by molar-refractivity contribution is 7.99. The molecule has 1 aromatic rings. The molecular formula is C15H23N3O4S2. The van der Waals surface area contributed by atoms with Crippen LogP contribution < -0.4 is 16.4 Å². The van der Waals surface area contributed by atoms with E-state index >= 15 is 0 Å². The van der Waals surface area contributed by atoms with Crippen molar-refractivity contribution in [3.63, 3.8) is 0 Å². The lowest BCUT2D eigenvalue weighted by Crippen LogP contribution is -2.33. The summed E-state index contributed by atoms with van der Waals surface area (Å²) in [4.78, 5) is 35.5. The molecule has 0 atom stereocenters. The first-order valence-electron chi connectivity index (χ1n) is 7.33. The molecule has 0 spiro atoms. The highest BCUT2D eigenvalue weighted by Crippen LogP contribution is 2.27. The zero-order valence-corrected chi connectivity index (χ0v) is 15.9. The Balaban J connectivity index is 2.28. The van der Waals surface area contributed by atoms with Crippen LogP contribution in [0.3, 0.4) is 0 Å². The standard InChI is InChI=1S/C15H23N3O4S2/c1-9-7-10(12(16)20)13(24-9)18-11(19)8-23-6-5-17-14(21)22-15(2,3)4/h7H,5-6,8H2,1-4H3,(H2,16,20)(H,17,21)(H,18,19). The van der Waals surface area contributed by atoms with Crippen LogP contribution in [-0.2, 0) is 9.53 Å². The SMILES string of the molecule is Cc1cc(C(N)=O)c(NC(=O)CSCCNC(=O)OC(C)(C)C)s1. The van der Waals surface area contributed by atoms with Crippen molar-refractivity contribution in [3.8, 4) is 0 Å². The third kappa shape index (κ3) is 7.69. The molecule has 1 aromatic heterocycles. The first kappa shape index (κ1) is 20.3. The number of rotatable bonds is 7. The molecule has 9 heteroatoms. The van der Waals surface area contributed by atoms with Crippen LogP contribution in [0.1, 0.15) is 36.0 Å². The number of thioether (sulfide) groups is 1. The van der Waals surface area contributed by atoms with E-state index in [1.54, 1.807) is 26.8 Å². The third-order valence-electron chi connectivity index (χ3n) is 2.52. The molecule has 0 unspecified atom stereocenters. The highest BCUT2D eigenvalue weighted by atomic mass is 32.2. The highest BCUT2D eigenvalue weighted by Gasteiger charge is 2.16. The summed E-state index contributed by atoms with van der Waals surface area (Å²) in [7, 11) is 0. The summed E-state index contributed by atoms with van der Waals surface area (Å²) in [5.41, 5.74) is 5.06. The van der Waals surface area contributed by atoms with Crippen LogP contribution in [0.5, 0.6) is 0 Å². The Kier molecular flexibility index (Phi) is 7.56. The lowest BCUT2D eigenvalue weighted by molar-refractivity contribution is -0.113. The lowest BCUT2D eigenvalue weighted by Gasteiger charge is -2.19. The topological polar surface area (TPSA) is 111 Å². The van der Waals surface area contributed by atoms with E-state index in [2.05, 4.69) is 10.6 Å². The smallest absolute Gasteiger partial charge is 0.407 e. The number of thiophene rings is 1. The molecule has 0 saturated heterocycles. The van der Waals surface area contributed by atoms with Crippen LogP contribution in [0, 0.1) is 6.92 Å². The summed E-state index contributed by atoms with van der Waals surface area (Å²) < 4.78 is 5.10. The fraction of sp³-hybridized carbons (Fsp3) is 0.533. The van der Waals surface area contributed by atoms with Gasteiger partial charge in [0.05, 0.1) is 11.3 Å². The van der Waals surface area contributed by atoms with Crippen molar-refractivity contribution in [2.75, 3.05) is 23.4 Å². The van der Waals surface area contributed by atoms with E-state index in [4.69, 9.17) is 10.5 Å². The molecule has 24 heavy (non-hydrogen) atoms. The number of anilines is 1. The lowest BCUT2D eigenvalue weighted by atomic mass is 10.2. The molecule has 7 nitrogen and oxygen atoms in total. The van der Waals surface area contributed by atoms with Gasteiger partial charge < -0.3 is 21.1 Å². The van der Waals surface area contributed by atoms with Gasteiger partial charge in [-0.1, -0.05) is 0 Å². The Morgan fingerprint density at radius 1 is 1.33 bits per heavy atom. The summed E-state index contributed by atoms with van der Waals surface area (Å²) in [6.07, 6.45) is -0.479. The fourth-order valence-electron chi connectivity index (χ4n) is 1.66. The van der Waals surface area contributed by atoms with E-state index in [9.17, 15) is 14.4 Å². The molecule has 0 radical (unpaired) electrons. The number of aryl methyl sites for hydroxylation is 1. The van der Waals surface area contributed by atoms with Gasteiger partial charge in [-0.05, 0) is 33.8 Å². The molecule has 0 aliphatic rings. The fourth-order valence-corrected chi connectivity index (χ4v) is 3.24. The van der Waals surface area contributed by atoms with Gasteiger partial charge in [0.25, 0.3) is 5.91 Å². The van der Waals surface area contributed by atoms with E-state index in [1.165, 1.54) is 23.1 Å². The van der Waals surface area contributed by atoms with Crippen molar-refractivity contribution in [2.45, 2.75) is 33.3 Å². The zero-order chi connectivity index (χ0) is 18.3. The minimum Gasteiger partial charge on any atom is -0.444 e. The molecule has 1 rings (SSSR count). The van der Waals surface area contributed by atoms with E-state index < -0.39 is 17.6 Å². The summed E-state index contributed by atoms with van der Waals surface area (Å²) in [6.45, 7) is 7.61. The Hall–Kier alpha value is -1.74. The monoisotopic (exact) mass is 373 g/mol. The molecule has 0 aliphatic carbocycles. The summed E-state index contributed by atoms with van der Waals surface area (Å²) in [6, 6.07) is 1.65. The van der Waals surface area contributed by atoms with Crippen LogP contribution in [0.4, 0.5) is 9.80 Å². The van der Waals surface area contributed by atoms with Gasteiger partial charge in [0, 0.05) is 17.2 Å². The number of carbonyl (C=O) groups excluding carboxylic acids is 3. The minimum atomic E-state index is -0.566. The van der Waals surface area contributed by atoms with Gasteiger partial charge in [-0.15, -0.1) is 11.3 Å². The third-order valence-corrected chi connectivity index (χ3v) is 4.45. The molecule has 3 amide bonds. The van der Waals surface area contributed by atoms with Crippen molar-refractivity contribution >= 4 is 46.0 Å². The van der Waals surface area contributed by atoms with E-state index in [0.29, 0.717) is 22.9 Å². The van der Waals surface area contributed by atoms with E-state index in [0.717, 1.165) is 4.88 Å². The van der Waals surface area contributed by atoms with Crippen molar-refractivity contribution in [1.82, 2.24) is 5.32 Å². The first-order valence-corrected chi connectivity index (χ1v) is 9.30. The van der Waals surface area contributed by atoms with Crippen molar-refractivity contribution in [2.24, 2.45) is 5.73 Å². The maximum Gasteiger partial charge on any atom is 0.407 e. The predicted molar refractivity (Wildman–Crippen MR) is 97.8 cm³/mol. The summed E-state index contributed by atoms with van der Waals surface area (Å²) >= 11 is 2.68. The van der Waals surface area contributed by atoms with Gasteiger partial charge in [-0.3, -0.25) is 9.59 Å². The number of hydrogen-bond acceptors (Lipinski definition) is 6. The number of nitrogens with one attached hydrogen (secondary N) is 2. The Bertz CT molecular complexity index is 608. The Labute approximate surface area is 149 Å². The van der Waals surface area contributed by atoms with Crippen molar-refractivity contribution in [3.05, 3.63) is 16.5 Å². The number of amides is 3. The second-order valence-corrected chi connectivity index (χ2v) is 8.36. The number of alkyl carbamates (subject to hydrolysis) is 1. The number of nitrogens with two attached hydrogens (primary N) is 1. The first-order chi connectivity index (χ1) is 11.1. The predicted octanol–water partition coefficient (Wildman–Crippen LogP) is 2.35. The van der Waals surface area contributed by atoms with Crippen LogP contribution >= 0.6 is 23.1 Å². The molecule has 134 valence electrons. The zero-order valence-electron chi connectivity index (χ0n) is 14.2. The maximum absolute atomic E-state index is 11.9. The summed E-state index contributed by atoms with van der Waals surface area (Å²) in [5, 5.41) is 5.78. The van der Waals surface area contributed by atoms with Gasteiger partial charge in [0.1, 0.15) is 10.6 Å². The molecule has 0 fully saturated rings. The van der Waals surface area contributed by atoms with Crippen molar-refractivity contribution in [1.29, 1.82) is 0 Å². The van der Waals surface area contributed by atoms with Gasteiger partial charge in [0.15, 0.2) is 0 Å². The van der Waals surface area contributed by atoms with Crippen LogP contribution in [0.25, 0.3) is 0 Å². The normalized spacial score (nSPS) is 11.0. The van der Waals surface area contributed by atoms with Gasteiger partial charge in [0.2, 0.25) is 5.91 Å². The summed E-state index contributed by atoms with van der Waals surface area (Å²) in [5.74, 6) is -0.00489. The molecule has 0 aliphatic heterocycles. The maximum atomic E-state index is 11.9. The average molecular weight is 374 g/mol. The second-order valence-electron chi connectivity index (χ2n) is 5.99. The van der Waals surface area contributed by atoms with E-state index in [-0.39, 0.29) is 11.7 Å². The Morgan fingerprint density at radius 3 is 2.58 bits per heavy atom. The molecule has 1 heterocycles. The molecule has 0 aromatic carbocycles. The van der Waals surface area contributed by atoms with E-state index in [1.807, 2.05) is 6.92 Å². The number of primary amides is 1. The molecule has 4 N–H and O–H groups in total. The van der Waals surface area contributed by atoms with Crippen LogP contribution in [-0.4, -0.2) is 41.6 Å². The van der Waals surface area contributed by atoms with Gasteiger partial charge in [-0.25, -0.2) is 4.79 Å². The molecule has 0 saturated carbocycles. The van der Waals surface area contributed by atoms with Crippen molar-refractivity contribution < 1.29 is 19.1 Å². The van der Waals surface area contributed by atoms with Gasteiger partial charge >= 0.3 is 6.09 Å². The quantitative estimate of drug-likeness (QED) is 0.636. The van der Waals surface area contributed by atoms with Gasteiger partial charge in [-0.2, -0.15) is 11.8 Å². The van der Waals surface area contributed by atoms with Crippen LogP contribution in [0.2, 0.25) is 0 Å². The minimum absolute atomic E-state index is 0.213.